The Kier molecular flexibility index (Phi) is 8.73. The molecule has 6 nitrogen and oxygen atoms in total. The van der Waals surface area contributed by atoms with Gasteiger partial charge in [-0.3, -0.25) is 4.79 Å². The molecule has 1 unspecified atom stereocenters. The number of carbonyl (C=O) groups excluding carboxylic acids is 1. The minimum Gasteiger partial charge on any atom is -0.496 e. The molecule has 1 fully saturated rings. The van der Waals surface area contributed by atoms with Gasteiger partial charge < -0.3 is 19.4 Å². The number of carbonyl (C=O) groups is 1. The van der Waals surface area contributed by atoms with Crippen LogP contribution in [0.4, 0.5) is 0 Å². The van der Waals surface area contributed by atoms with Crippen LogP contribution in [0.25, 0.3) is 11.5 Å². The number of ether oxygens (including phenoxy) is 1. The van der Waals surface area contributed by atoms with E-state index in [-0.39, 0.29) is 43.2 Å². The molecule has 0 aliphatic carbocycles. The number of hydrogen-bond donors (Lipinski definition) is 1. The van der Waals surface area contributed by atoms with Gasteiger partial charge >= 0.3 is 0 Å². The fourth-order valence-corrected chi connectivity index (χ4v) is 4.20. The molecular formula is C21H25Cl2N3O3S. The van der Waals surface area contributed by atoms with Crippen molar-refractivity contribution >= 4 is 42.1 Å². The highest BCUT2D eigenvalue weighted by molar-refractivity contribution is 7.08. The number of para-hydroxylation sites is 1. The van der Waals surface area contributed by atoms with E-state index < -0.39 is 0 Å². The average molecular weight is 470 g/mol. The van der Waals surface area contributed by atoms with Gasteiger partial charge in [-0.1, -0.05) is 18.2 Å². The number of hydrogen-bond acceptors (Lipinski definition) is 6. The minimum atomic E-state index is -0.0686. The van der Waals surface area contributed by atoms with Crippen LogP contribution in [0.3, 0.4) is 0 Å². The van der Waals surface area contributed by atoms with E-state index in [0.717, 1.165) is 23.4 Å². The van der Waals surface area contributed by atoms with Gasteiger partial charge in [0.1, 0.15) is 11.5 Å². The first-order valence-corrected chi connectivity index (χ1v) is 10.2. The van der Waals surface area contributed by atoms with Crippen molar-refractivity contribution in [1.29, 1.82) is 0 Å². The fourth-order valence-electron chi connectivity index (χ4n) is 3.57. The van der Waals surface area contributed by atoms with Gasteiger partial charge in [-0.2, -0.15) is 11.3 Å². The first-order chi connectivity index (χ1) is 13.7. The zero-order valence-electron chi connectivity index (χ0n) is 16.8. The molecule has 1 aliphatic rings. The lowest BCUT2D eigenvalue weighted by Gasteiger charge is -2.37. The fraction of sp³-hybridized carbons (Fsp3) is 0.333. The number of benzene rings is 1. The largest absolute Gasteiger partial charge is 0.496 e. The van der Waals surface area contributed by atoms with Gasteiger partial charge in [0, 0.05) is 36.1 Å². The summed E-state index contributed by atoms with van der Waals surface area (Å²) in [5.74, 6) is 2.11. The molecule has 1 amide bonds. The highest BCUT2D eigenvalue weighted by Gasteiger charge is 2.30. The van der Waals surface area contributed by atoms with Crippen molar-refractivity contribution in [2.45, 2.75) is 19.4 Å². The van der Waals surface area contributed by atoms with Crippen molar-refractivity contribution in [3.05, 3.63) is 58.1 Å². The lowest BCUT2D eigenvalue weighted by Crippen LogP contribution is -2.49. The molecule has 1 aliphatic heterocycles. The summed E-state index contributed by atoms with van der Waals surface area (Å²) in [6.45, 7) is 3.98. The van der Waals surface area contributed by atoms with Crippen molar-refractivity contribution in [3.8, 4) is 17.2 Å². The summed E-state index contributed by atoms with van der Waals surface area (Å²) >= 11 is 1.59. The predicted octanol–water partition coefficient (Wildman–Crippen LogP) is 4.28. The standard InChI is InChI=1S/C21H23N3O3S.2ClH/c1-14-17(23-21(27-14)15-7-10-28-13-15)11-20(25)24-9-8-22-12-18(24)16-5-3-4-6-19(16)26-2;;/h3-7,10,13,18,22H,8-9,11-12H2,1-2H3;2*1H. The number of oxazole rings is 1. The van der Waals surface area contributed by atoms with Gasteiger partial charge in [-0.15, -0.1) is 24.8 Å². The monoisotopic (exact) mass is 469 g/mol. The Morgan fingerprint density at radius 1 is 1.33 bits per heavy atom. The SMILES string of the molecule is COc1ccccc1C1CNCCN1C(=O)Cc1nc(-c2ccsc2)oc1C.Cl.Cl. The molecule has 162 valence electrons. The highest BCUT2D eigenvalue weighted by atomic mass is 35.5. The van der Waals surface area contributed by atoms with Crippen molar-refractivity contribution in [2.75, 3.05) is 26.7 Å². The minimum absolute atomic E-state index is 0. The van der Waals surface area contributed by atoms with E-state index in [1.807, 2.05) is 52.9 Å². The van der Waals surface area contributed by atoms with Gasteiger partial charge in [0.05, 0.1) is 25.3 Å². The summed E-state index contributed by atoms with van der Waals surface area (Å²) in [4.78, 5) is 19.7. The van der Waals surface area contributed by atoms with Crippen LogP contribution in [-0.2, 0) is 11.2 Å². The Bertz CT molecular complexity index is 962. The van der Waals surface area contributed by atoms with Crippen molar-refractivity contribution in [3.63, 3.8) is 0 Å². The van der Waals surface area contributed by atoms with Gasteiger partial charge in [-0.25, -0.2) is 4.98 Å². The summed E-state index contributed by atoms with van der Waals surface area (Å²) in [5.41, 5.74) is 2.66. The second-order valence-electron chi connectivity index (χ2n) is 6.76. The van der Waals surface area contributed by atoms with Crippen LogP contribution in [0, 0.1) is 6.92 Å². The van der Waals surface area contributed by atoms with E-state index in [0.29, 0.717) is 30.4 Å². The number of nitrogens with one attached hydrogen (secondary N) is 1. The maximum absolute atomic E-state index is 13.2. The van der Waals surface area contributed by atoms with Crippen molar-refractivity contribution < 1.29 is 13.9 Å². The Balaban J connectivity index is 0.00000160. The molecular weight excluding hydrogens is 445 g/mol. The predicted molar refractivity (Wildman–Crippen MR) is 123 cm³/mol. The van der Waals surface area contributed by atoms with Gasteiger partial charge in [0.15, 0.2) is 0 Å². The number of aromatic nitrogens is 1. The van der Waals surface area contributed by atoms with E-state index in [4.69, 9.17) is 9.15 Å². The molecule has 1 N–H and O–H groups in total. The topological polar surface area (TPSA) is 67.6 Å². The van der Waals surface area contributed by atoms with E-state index in [2.05, 4.69) is 10.3 Å². The normalized spacial score (nSPS) is 15.8. The van der Waals surface area contributed by atoms with Crippen LogP contribution in [0.1, 0.15) is 23.1 Å². The Morgan fingerprint density at radius 2 is 2.13 bits per heavy atom. The molecule has 1 aromatic carbocycles. The second kappa shape index (κ2) is 10.8. The second-order valence-corrected chi connectivity index (χ2v) is 7.54. The third-order valence-electron chi connectivity index (χ3n) is 5.04. The molecule has 0 radical (unpaired) electrons. The summed E-state index contributed by atoms with van der Waals surface area (Å²) in [7, 11) is 1.66. The first kappa shape index (κ1) is 24.2. The molecule has 9 heteroatoms. The Labute approximate surface area is 192 Å². The van der Waals surface area contributed by atoms with E-state index in [9.17, 15) is 4.79 Å². The number of piperazine rings is 1. The van der Waals surface area contributed by atoms with E-state index in [1.165, 1.54) is 0 Å². The number of amides is 1. The lowest BCUT2D eigenvalue weighted by molar-refractivity contribution is -0.133. The molecule has 0 bridgehead atoms. The van der Waals surface area contributed by atoms with E-state index >= 15 is 0 Å². The number of nitrogens with zero attached hydrogens (tertiary/aromatic N) is 2. The molecule has 2 aromatic heterocycles. The number of halogens is 2. The zero-order chi connectivity index (χ0) is 19.5. The van der Waals surface area contributed by atoms with Crippen LogP contribution >= 0.6 is 36.2 Å². The summed E-state index contributed by atoms with van der Waals surface area (Å²) in [6, 6.07) is 9.77. The highest BCUT2D eigenvalue weighted by Crippen LogP contribution is 2.31. The number of aryl methyl sites for hydroxylation is 1. The average Bonchev–Trinajstić information content (AvgIpc) is 3.38. The molecule has 3 heterocycles. The molecule has 0 spiro atoms. The molecule has 1 atom stereocenters. The molecule has 30 heavy (non-hydrogen) atoms. The number of methoxy groups -OCH3 is 1. The van der Waals surface area contributed by atoms with Crippen molar-refractivity contribution in [2.24, 2.45) is 0 Å². The van der Waals surface area contributed by atoms with Crippen LogP contribution in [0.2, 0.25) is 0 Å². The van der Waals surface area contributed by atoms with Crippen molar-refractivity contribution in [1.82, 2.24) is 15.2 Å². The van der Waals surface area contributed by atoms with Crippen LogP contribution < -0.4 is 10.1 Å². The molecule has 4 rings (SSSR count). The van der Waals surface area contributed by atoms with Gasteiger partial charge in [0.2, 0.25) is 11.8 Å². The Hall–Kier alpha value is -2.06. The van der Waals surface area contributed by atoms with Crippen LogP contribution in [-0.4, -0.2) is 42.5 Å². The van der Waals surface area contributed by atoms with Gasteiger partial charge in [0.25, 0.3) is 0 Å². The lowest BCUT2D eigenvalue weighted by atomic mass is 10.0. The number of thiophene rings is 1. The first-order valence-electron chi connectivity index (χ1n) is 9.29. The Morgan fingerprint density at radius 3 is 2.87 bits per heavy atom. The summed E-state index contributed by atoms with van der Waals surface area (Å²) in [6.07, 6.45) is 0.227. The number of rotatable bonds is 5. The summed E-state index contributed by atoms with van der Waals surface area (Å²) in [5, 5.41) is 7.36. The smallest absolute Gasteiger partial charge is 0.229 e. The third-order valence-corrected chi connectivity index (χ3v) is 5.72. The van der Waals surface area contributed by atoms with Crippen LogP contribution in [0.15, 0.2) is 45.5 Å². The quantitative estimate of drug-likeness (QED) is 0.603. The van der Waals surface area contributed by atoms with Gasteiger partial charge in [-0.05, 0) is 24.4 Å². The zero-order valence-corrected chi connectivity index (χ0v) is 19.2. The molecule has 0 saturated carbocycles. The van der Waals surface area contributed by atoms with Crippen LogP contribution in [0.5, 0.6) is 5.75 Å². The third kappa shape index (κ3) is 4.98. The summed E-state index contributed by atoms with van der Waals surface area (Å²) < 4.78 is 11.3. The maximum atomic E-state index is 13.2. The van der Waals surface area contributed by atoms with E-state index in [1.54, 1.807) is 18.4 Å². The maximum Gasteiger partial charge on any atom is 0.229 e. The molecule has 3 aromatic rings. The molecule has 1 saturated heterocycles.